The largest absolute Gasteiger partial charge is 0.392 e. The molecule has 1 N–H and O–H groups in total. The lowest BCUT2D eigenvalue weighted by Gasteiger charge is -2.10. The molecule has 1 unspecified atom stereocenters. The van der Waals surface area contributed by atoms with Crippen LogP contribution in [0.4, 0.5) is 0 Å². The van der Waals surface area contributed by atoms with Gasteiger partial charge in [0, 0.05) is 25.4 Å². The number of hydrogen-bond donors (Lipinski definition) is 1. The molecule has 0 aliphatic rings. The highest BCUT2D eigenvalue weighted by Gasteiger charge is 2.08. The van der Waals surface area contributed by atoms with Crippen molar-refractivity contribution in [2.45, 2.75) is 31.6 Å². The maximum atomic E-state index is 9.70. The fourth-order valence-corrected chi connectivity index (χ4v) is 1.94. The van der Waals surface area contributed by atoms with Gasteiger partial charge in [0.1, 0.15) is 0 Å². The number of nitrogens with zero attached hydrogens (tertiary/aromatic N) is 2. The van der Waals surface area contributed by atoms with Crippen molar-refractivity contribution in [1.29, 1.82) is 0 Å². The minimum atomic E-state index is -0.258. The Kier molecular flexibility index (Phi) is 4.48. The first-order valence-corrected chi connectivity index (χ1v) is 5.90. The van der Waals surface area contributed by atoms with E-state index in [4.69, 9.17) is 0 Å². The lowest BCUT2D eigenvalue weighted by atomic mass is 10.2. The van der Waals surface area contributed by atoms with Crippen LogP contribution in [-0.4, -0.2) is 32.0 Å². The number of thioether (sulfide) groups is 1. The molecule has 0 saturated heterocycles. The minimum Gasteiger partial charge on any atom is -0.392 e. The number of aryl methyl sites for hydroxylation is 1. The Balaban J connectivity index is 2.30. The Labute approximate surface area is 89.5 Å². The molecule has 0 fully saturated rings. The molecule has 1 aromatic heterocycles. The summed E-state index contributed by atoms with van der Waals surface area (Å²) in [5.74, 6) is 0.798. The first-order valence-electron chi connectivity index (χ1n) is 4.85. The molecular formula is C10H18N2OS. The van der Waals surface area contributed by atoms with Gasteiger partial charge in [-0.05, 0) is 10.8 Å². The van der Waals surface area contributed by atoms with Crippen LogP contribution in [0.5, 0.6) is 0 Å². The standard InChI is InChI=1S/C10H18N2OS/c1-8(2)14-7-10(13)4-9-5-11-12(3)6-9/h5-6,8,10,13H,4,7H2,1-3H3. The number of rotatable bonds is 5. The van der Waals surface area contributed by atoms with Crippen molar-refractivity contribution in [3.8, 4) is 0 Å². The summed E-state index contributed by atoms with van der Waals surface area (Å²) < 4.78 is 1.76. The molecule has 0 amide bonds. The molecule has 0 saturated carbocycles. The summed E-state index contributed by atoms with van der Waals surface area (Å²) in [6.07, 6.45) is 4.20. The minimum absolute atomic E-state index is 0.258. The Bertz CT molecular complexity index is 273. The lowest BCUT2D eigenvalue weighted by Crippen LogP contribution is -2.14. The molecule has 80 valence electrons. The molecule has 0 aromatic carbocycles. The predicted molar refractivity (Wildman–Crippen MR) is 60.5 cm³/mol. The van der Waals surface area contributed by atoms with Crippen LogP contribution in [-0.2, 0) is 13.5 Å². The van der Waals surface area contributed by atoms with Gasteiger partial charge in [-0.2, -0.15) is 16.9 Å². The van der Waals surface area contributed by atoms with Gasteiger partial charge >= 0.3 is 0 Å². The number of aliphatic hydroxyl groups excluding tert-OH is 1. The molecule has 1 heterocycles. The van der Waals surface area contributed by atoms with E-state index in [2.05, 4.69) is 18.9 Å². The summed E-state index contributed by atoms with van der Waals surface area (Å²) in [6.45, 7) is 4.28. The predicted octanol–water partition coefficient (Wildman–Crippen LogP) is 1.47. The Morgan fingerprint density at radius 1 is 1.57 bits per heavy atom. The van der Waals surface area contributed by atoms with Crippen molar-refractivity contribution < 1.29 is 5.11 Å². The zero-order valence-corrected chi connectivity index (χ0v) is 9.79. The van der Waals surface area contributed by atoms with Crippen LogP contribution in [0, 0.1) is 0 Å². The third-order valence-electron chi connectivity index (χ3n) is 1.85. The van der Waals surface area contributed by atoms with E-state index in [1.54, 1.807) is 16.4 Å². The van der Waals surface area contributed by atoms with E-state index in [0.717, 1.165) is 11.3 Å². The van der Waals surface area contributed by atoms with Crippen LogP contribution in [0.2, 0.25) is 0 Å². The van der Waals surface area contributed by atoms with E-state index >= 15 is 0 Å². The molecule has 0 aliphatic heterocycles. The van der Waals surface area contributed by atoms with Gasteiger partial charge in [0.15, 0.2) is 0 Å². The molecule has 0 aliphatic carbocycles. The van der Waals surface area contributed by atoms with Gasteiger partial charge in [-0.15, -0.1) is 0 Å². The molecular weight excluding hydrogens is 196 g/mol. The molecule has 1 aromatic rings. The summed E-state index contributed by atoms with van der Waals surface area (Å²) in [5.41, 5.74) is 1.10. The monoisotopic (exact) mass is 214 g/mol. The second kappa shape index (κ2) is 5.41. The summed E-state index contributed by atoms with van der Waals surface area (Å²) >= 11 is 1.79. The van der Waals surface area contributed by atoms with Crippen LogP contribution in [0.3, 0.4) is 0 Å². The van der Waals surface area contributed by atoms with E-state index in [9.17, 15) is 5.11 Å². The SMILES string of the molecule is CC(C)SCC(O)Cc1cnn(C)c1. The van der Waals surface area contributed by atoms with Crippen molar-refractivity contribution in [3.63, 3.8) is 0 Å². The van der Waals surface area contributed by atoms with E-state index in [1.807, 2.05) is 19.4 Å². The number of hydrogen-bond acceptors (Lipinski definition) is 3. The maximum Gasteiger partial charge on any atom is 0.0672 e. The van der Waals surface area contributed by atoms with Gasteiger partial charge in [-0.3, -0.25) is 4.68 Å². The molecule has 14 heavy (non-hydrogen) atoms. The van der Waals surface area contributed by atoms with Gasteiger partial charge in [-0.25, -0.2) is 0 Å². The smallest absolute Gasteiger partial charge is 0.0672 e. The van der Waals surface area contributed by atoms with Crippen LogP contribution >= 0.6 is 11.8 Å². The molecule has 4 heteroatoms. The van der Waals surface area contributed by atoms with Gasteiger partial charge in [-0.1, -0.05) is 13.8 Å². The van der Waals surface area contributed by atoms with Crippen molar-refractivity contribution in [3.05, 3.63) is 18.0 Å². The summed E-state index contributed by atoms with van der Waals surface area (Å²) in [6, 6.07) is 0. The van der Waals surface area contributed by atoms with Gasteiger partial charge in [0.05, 0.1) is 12.3 Å². The average molecular weight is 214 g/mol. The van der Waals surface area contributed by atoms with Crippen LogP contribution < -0.4 is 0 Å². The average Bonchev–Trinajstić information content (AvgIpc) is 2.48. The first kappa shape index (κ1) is 11.6. The Morgan fingerprint density at radius 3 is 2.79 bits per heavy atom. The molecule has 0 radical (unpaired) electrons. The highest BCUT2D eigenvalue weighted by molar-refractivity contribution is 7.99. The fourth-order valence-electron chi connectivity index (χ4n) is 1.21. The highest BCUT2D eigenvalue weighted by atomic mass is 32.2. The normalized spacial score (nSPS) is 13.5. The number of aliphatic hydroxyl groups is 1. The fraction of sp³-hybridized carbons (Fsp3) is 0.700. The van der Waals surface area contributed by atoms with Gasteiger partial charge in [0.2, 0.25) is 0 Å². The Hall–Kier alpha value is -0.480. The molecule has 3 nitrogen and oxygen atoms in total. The van der Waals surface area contributed by atoms with Gasteiger partial charge < -0.3 is 5.11 Å². The number of aromatic nitrogens is 2. The van der Waals surface area contributed by atoms with Crippen molar-refractivity contribution in [2.24, 2.45) is 7.05 Å². The van der Waals surface area contributed by atoms with Crippen LogP contribution in [0.1, 0.15) is 19.4 Å². The van der Waals surface area contributed by atoms with Crippen molar-refractivity contribution in [2.75, 3.05) is 5.75 Å². The maximum absolute atomic E-state index is 9.70. The second-order valence-electron chi connectivity index (χ2n) is 3.76. The summed E-state index contributed by atoms with van der Waals surface area (Å²) in [7, 11) is 1.89. The molecule has 0 bridgehead atoms. The lowest BCUT2D eigenvalue weighted by molar-refractivity contribution is 0.200. The quantitative estimate of drug-likeness (QED) is 0.806. The molecule has 1 atom stereocenters. The van der Waals surface area contributed by atoms with Crippen LogP contribution in [0.25, 0.3) is 0 Å². The van der Waals surface area contributed by atoms with Crippen molar-refractivity contribution >= 4 is 11.8 Å². The molecule has 0 spiro atoms. The van der Waals surface area contributed by atoms with Gasteiger partial charge in [0.25, 0.3) is 0 Å². The zero-order valence-electron chi connectivity index (χ0n) is 8.97. The second-order valence-corrected chi connectivity index (χ2v) is 5.37. The topological polar surface area (TPSA) is 38.1 Å². The Morgan fingerprint density at radius 2 is 2.29 bits per heavy atom. The third kappa shape index (κ3) is 4.15. The third-order valence-corrected chi connectivity index (χ3v) is 3.10. The highest BCUT2D eigenvalue weighted by Crippen LogP contribution is 2.13. The first-order chi connectivity index (χ1) is 6.58. The van der Waals surface area contributed by atoms with E-state index in [-0.39, 0.29) is 6.10 Å². The van der Waals surface area contributed by atoms with E-state index < -0.39 is 0 Å². The molecule has 1 rings (SSSR count). The zero-order chi connectivity index (χ0) is 10.6. The van der Waals surface area contributed by atoms with E-state index in [0.29, 0.717) is 11.7 Å². The van der Waals surface area contributed by atoms with Crippen LogP contribution in [0.15, 0.2) is 12.4 Å². The van der Waals surface area contributed by atoms with E-state index in [1.165, 1.54) is 0 Å². The summed E-state index contributed by atoms with van der Waals surface area (Å²) in [5, 5.41) is 14.3. The van der Waals surface area contributed by atoms with Crippen molar-refractivity contribution in [1.82, 2.24) is 9.78 Å². The summed E-state index contributed by atoms with van der Waals surface area (Å²) in [4.78, 5) is 0.